The highest BCUT2D eigenvalue weighted by atomic mass is 32.2. The fraction of sp³-hybridized carbons (Fsp3) is 0.615. The minimum absolute atomic E-state index is 0.0481. The van der Waals surface area contributed by atoms with E-state index in [9.17, 15) is 13.5 Å². The number of aliphatic hydroxyl groups is 1. The van der Waals surface area contributed by atoms with Gasteiger partial charge in [0.25, 0.3) is 0 Å². The summed E-state index contributed by atoms with van der Waals surface area (Å²) in [4.78, 5) is 6.57. The Labute approximate surface area is 215 Å². The molecule has 36 heavy (non-hydrogen) atoms. The number of amidine groups is 1. The number of aliphatic imine (C=N–C) groups is 1. The first-order valence-corrected chi connectivity index (χ1v) is 14.4. The van der Waals surface area contributed by atoms with E-state index >= 15 is 0 Å². The molecule has 0 saturated carbocycles. The largest absolute Gasteiger partial charge is 0.489 e. The molecule has 0 radical (unpaired) electrons. The third-order valence-corrected chi connectivity index (χ3v) is 8.63. The Morgan fingerprint density at radius 2 is 1.92 bits per heavy atom. The van der Waals surface area contributed by atoms with E-state index < -0.39 is 10.0 Å². The Morgan fingerprint density at radius 1 is 1.28 bits per heavy atom. The lowest BCUT2D eigenvalue weighted by Gasteiger charge is -2.44. The number of nitrogens with one attached hydrogen (secondary N) is 2. The molecule has 0 aromatic heterocycles. The number of hydrogen-bond donors (Lipinski definition) is 3. The van der Waals surface area contributed by atoms with Crippen molar-refractivity contribution in [1.82, 2.24) is 14.5 Å². The average molecular weight is 520 g/mol. The molecule has 1 aromatic carbocycles. The quantitative estimate of drug-likeness (QED) is 0.359. The van der Waals surface area contributed by atoms with Crippen LogP contribution < -0.4 is 5.32 Å². The van der Waals surface area contributed by atoms with Gasteiger partial charge in [-0.25, -0.2) is 12.7 Å². The van der Waals surface area contributed by atoms with Crippen LogP contribution in [0, 0.1) is 11.3 Å². The number of guanidine groups is 1. The molecule has 1 atom stereocenters. The van der Waals surface area contributed by atoms with E-state index in [1.54, 1.807) is 7.05 Å². The maximum atomic E-state index is 12.2. The molecule has 2 aliphatic heterocycles. The van der Waals surface area contributed by atoms with Gasteiger partial charge in [-0.05, 0) is 36.8 Å². The topological polar surface area (TPSA) is 118 Å². The number of likely N-dealkylation sites (tertiary alicyclic amines) is 1. The fourth-order valence-corrected chi connectivity index (χ4v) is 5.24. The van der Waals surface area contributed by atoms with Crippen LogP contribution in [0.3, 0.4) is 0 Å². The second kappa shape index (κ2) is 11.7. The van der Waals surface area contributed by atoms with E-state index in [1.165, 1.54) is 10.6 Å². The van der Waals surface area contributed by atoms with E-state index in [1.807, 2.05) is 43.9 Å². The number of rotatable bonds is 8. The van der Waals surface area contributed by atoms with E-state index in [0.717, 1.165) is 17.6 Å². The number of hydrogen-bond acceptors (Lipinski definition) is 5. The lowest BCUT2D eigenvalue weighted by atomic mass is 9.72. The first-order chi connectivity index (χ1) is 17.0. The van der Waals surface area contributed by atoms with Crippen molar-refractivity contribution in [3.63, 3.8) is 0 Å². The van der Waals surface area contributed by atoms with Crippen LogP contribution >= 0.6 is 0 Å². The zero-order valence-electron chi connectivity index (χ0n) is 22.1. The molecule has 0 unspecified atom stereocenters. The van der Waals surface area contributed by atoms with Gasteiger partial charge in [0, 0.05) is 38.5 Å². The van der Waals surface area contributed by atoms with E-state index in [2.05, 4.69) is 22.4 Å². The standard InChI is InChI=1S/C26H41N5O4S/c1-19(2)22(17-32)28-24(23-20(3)11-16-35-23)29-25(27)31-14-12-26(13-15-31,18-30(4)36(5,33)34)21-9-7-6-8-10-21/h6-10,19,22,32H,11-18H2,1-5H3,(H2,27,28,29)/t22-/m0/s1. The Morgan fingerprint density at radius 3 is 2.42 bits per heavy atom. The van der Waals surface area contributed by atoms with Crippen molar-refractivity contribution in [2.24, 2.45) is 10.9 Å². The van der Waals surface area contributed by atoms with Crippen LogP contribution in [-0.4, -0.2) is 86.7 Å². The Balaban J connectivity index is 1.82. The monoisotopic (exact) mass is 519 g/mol. The van der Waals surface area contributed by atoms with Crippen molar-refractivity contribution >= 4 is 21.8 Å². The molecule has 3 rings (SSSR count). The fourth-order valence-electron chi connectivity index (χ4n) is 4.76. The second-order valence-corrected chi connectivity index (χ2v) is 12.4. The van der Waals surface area contributed by atoms with Crippen molar-refractivity contribution in [2.45, 2.75) is 51.5 Å². The van der Waals surface area contributed by atoms with Gasteiger partial charge < -0.3 is 20.1 Å². The summed E-state index contributed by atoms with van der Waals surface area (Å²) in [7, 11) is -1.70. The summed E-state index contributed by atoms with van der Waals surface area (Å²) < 4.78 is 31.7. The molecule has 9 nitrogen and oxygen atoms in total. The normalized spacial score (nSPS) is 19.6. The lowest BCUT2D eigenvalue weighted by molar-refractivity contribution is 0.196. The number of benzene rings is 1. The molecule has 200 valence electrons. The van der Waals surface area contributed by atoms with Crippen molar-refractivity contribution in [3.8, 4) is 0 Å². The minimum atomic E-state index is -3.32. The summed E-state index contributed by atoms with van der Waals surface area (Å²) in [5.74, 6) is 1.45. The van der Waals surface area contributed by atoms with Crippen LogP contribution in [0.1, 0.15) is 45.6 Å². The van der Waals surface area contributed by atoms with E-state index in [-0.39, 0.29) is 29.9 Å². The first-order valence-electron chi connectivity index (χ1n) is 12.6. The Hall–Kier alpha value is -2.43. The van der Waals surface area contributed by atoms with Gasteiger partial charge in [-0.2, -0.15) is 4.99 Å². The van der Waals surface area contributed by atoms with Crippen molar-refractivity contribution < 1.29 is 18.3 Å². The molecule has 1 aromatic rings. The van der Waals surface area contributed by atoms with Crippen molar-refractivity contribution in [1.29, 1.82) is 5.41 Å². The molecule has 2 aliphatic rings. The molecule has 0 aliphatic carbocycles. The zero-order valence-corrected chi connectivity index (χ0v) is 22.9. The van der Waals surface area contributed by atoms with Gasteiger partial charge >= 0.3 is 0 Å². The van der Waals surface area contributed by atoms with Gasteiger partial charge in [0.1, 0.15) is 0 Å². The second-order valence-electron chi connectivity index (χ2n) is 10.3. The number of likely N-dealkylation sites (N-methyl/N-ethyl adjacent to an activating group) is 1. The maximum Gasteiger partial charge on any atom is 0.219 e. The number of aliphatic hydroxyl groups excluding tert-OH is 1. The SMILES string of the molecule is CC1=C(/C(=N\C(=N)N2CCC(CN(C)S(C)(=O)=O)(c3ccccc3)CC2)N[C@@H](CO)C(C)C)OCC1. The van der Waals surface area contributed by atoms with Gasteiger partial charge in [-0.15, -0.1) is 0 Å². The molecule has 0 bridgehead atoms. The van der Waals surface area contributed by atoms with Gasteiger partial charge in [0.05, 0.1) is 25.5 Å². The molecule has 1 saturated heterocycles. The highest BCUT2D eigenvalue weighted by molar-refractivity contribution is 7.88. The molecule has 0 amide bonds. The smallest absolute Gasteiger partial charge is 0.219 e. The van der Waals surface area contributed by atoms with E-state index in [0.29, 0.717) is 50.7 Å². The van der Waals surface area contributed by atoms with Crippen LogP contribution in [-0.2, 0) is 20.2 Å². The highest BCUT2D eigenvalue weighted by Crippen LogP contribution is 2.37. The van der Waals surface area contributed by atoms with Crippen LogP contribution in [0.15, 0.2) is 46.7 Å². The summed E-state index contributed by atoms with van der Waals surface area (Å²) in [6, 6.07) is 9.84. The van der Waals surface area contributed by atoms with Crippen LogP contribution in [0.25, 0.3) is 0 Å². The molecule has 0 spiro atoms. The van der Waals surface area contributed by atoms with Gasteiger partial charge in [0.2, 0.25) is 16.0 Å². The minimum Gasteiger partial charge on any atom is -0.489 e. The van der Waals surface area contributed by atoms with Crippen molar-refractivity contribution in [2.75, 3.05) is 46.2 Å². The summed E-state index contributed by atoms with van der Waals surface area (Å²) >= 11 is 0. The summed E-state index contributed by atoms with van der Waals surface area (Å²) in [5.41, 5.74) is 1.84. The molecule has 1 fully saturated rings. The highest BCUT2D eigenvalue weighted by Gasteiger charge is 2.39. The number of piperidine rings is 1. The zero-order chi connectivity index (χ0) is 26.5. The summed E-state index contributed by atoms with van der Waals surface area (Å²) in [6.07, 6.45) is 3.44. The maximum absolute atomic E-state index is 12.2. The first kappa shape index (κ1) is 28.1. The van der Waals surface area contributed by atoms with Crippen molar-refractivity contribution in [3.05, 3.63) is 47.2 Å². The number of ether oxygens (including phenoxy) is 1. The third kappa shape index (κ3) is 6.66. The molecule has 10 heteroatoms. The molecular weight excluding hydrogens is 478 g/mol. The predicted octanol–water partition coefficient (Wildman–Crippen LogP) is 2.55. The van der Waals surface area contributed by atoms with Crippen LogP contribution in [0.4, 0.5) is 0 Å². The van der Waals surface area contributed by atoms with Crippen LogP contribution in [0.5, 0.6) is 0 Å². The molecular formula is C26H41N5O4S. The summed E-state index contributed by atoms with van der Waals surface area (Å²) in [6.45, 7) is 8.12. The van der Waals surface area contributed by atoms with E-state index in [4.69, 9.17) is 10.1 Å². The molecule has 2 heterocycles. The average Bonchev–Trinajstić information content (AvgIpc) is 3.27. The Bertz CT molecular complexity index is 1080. The Kier molecular flexibility index (Phi) is 9.18. The van der Waals surface area contributed by atoms with Gasteiger partial charge in [-0.3, -0.25) is 5.41 Å². The van der Waals surface area contributed by atoms with Gasteiger partial charge in [0.15, 0.2) is 11.6 Å². The predicted molar refractivity (Wildman–Crippen MR) is 144 cm³/mol. The van der Waals surface area contributed by atoms with Gasteiger partial charge in [-0.1, -0.05) is 44.2 Å². The summed E-state index contributed by atoms with van der Waals surface area (Å²) in [5, 5.41) is 21.9. The lowest BCUT2D eigenvalue weighted by Crippen LogP contribution is -2.50. The third-order valence-electron chi connectivity index (χ3n) is 7.37. The number of sulfonamides is 1. The van der Waals surface area contributed by atoms with Crippen LogP contribution in [0.2, 0.25) is 0 Å². The molecule has 3 N–H and O–H groups in total. The number of nitrogens with zero attached hydrogens (tertiary/aromatic N) is 3.